The van der Waals surface area contributed by atoms with Gasteiger partial charge in [-0.2, -0.15) is 4.99 Å². The van der Waals surface area contributed by atoms with Crippen molar-refractivity contribution < 1.29 is 9.13 Å². The molecule has 1 aliphatic rings. The van der Waals surface area contributed by atoms with Crippen molar-refractivity contribution >= 4 is 23.1 Å². The molecule has 0 saturated heterocycles. The van der Waals surface area contributed by atoms with Crippen molar-refractivity contribution in [2.24, 2.45) is 10.9 Å². The molecule has 0 heterocycles. The van der Waals surface area contributed by atoms with Gasteiger partial charge < -0.3 is 4.74 Å². The zero-order valence-electron chi connectivity index (χ0n) is 12.4. The van der Waals surface area contributed by atoms with Crippen LogP contribution in [0, 0.1) is 23.6 Å². The van der Waals surface area contributed by atoms with E-state index >= 15 is 0 Å². The Balaban J connectivity index is 1.68. The van der Waals surface area contributed by atoms with Crippen molar-refractivity contribution in [1.29, 1.82) is 0 Å². The number of isothiocyanates is 1. The van der Waals surface area contributed by atoms with Crippen LogP contribution in [-0.2, 0) is 0 Å². The first-order valence-electron chi connectivity index (χ1n) is 7.37. The van der Waals surface area contributed by atoms with Gasteiger partial charge in [0.1, 0.15) is 11.4 Å². The first-order chi connectivity index (χ1) is 11.2. The largest absolute Gasteiger partial charge is 0.493 e. The topological polar surface area (TPSA) is 21.6 Å². The van der Waals surface area contributed by atoms with E-state index in [2.05, 4.69) is 34.2 Å². The molecule has 0 amide bonds. The van der Waals surface area contributed by atoms with Gasteiger partial charge in [0.15, 0.2) is 5.82 Å². The predicted molar refractivity (Wildman–Crippen MR) is 91.7 cm³/mol. The summed E-state index contributed by atoms with van der Waals surface area (Å²) in [4.78, 5) is 3.64. The maximum Gasteiger partial charge on any atom is 0.150 e. The highest BCUT2D eigenvalue weighted by molar-refractivity contribution is 7.78. The molecule has 23 heavy (non-hydrogen) atoms. The molecule has 0 atom stereocenters. The van der Waals surface area contributed by atoms with Crippen molar-refractivity contribution in [2.45, 2.75) is 12.8 Å². The fraction of sp³-hybridized carbons (Fsp3) is 0.211. The minimum absolute atomic E-state index is 0.169. The first kappa shape index (κ1) is 15.4. The monoisotopic (exact) mass is 323 g/mol. The molecule has 0 bridgehead atoms. The van der Waals surface area contributed by atoms with Crippen LogP contribution >= 0.6 is 12.2 Å². The normalized spacial score (nSPS) is 12.7. The van der Waals surface area contributed by atoms with Crippen LogP contribution in [0.1, 0.15) is 24.0 Å². The molecule has 0 N–H and O–H groups in total. The SMILES string of the molecule is Fc1cc(C#Cc2ccc(OCC3CC3)cc2)ccc1N=C=S. The second-order valence-corrected chi connectivity index (χ2v) is 5.58. The number of hydrogen-bond acceptors (Lipinski definition) is 3. The van der Waals surface area contributed by atoms with Crippen LogP contribution in [-0.4, -0.2) is 11.8 Å². The summed E-state index contributed by atoms with van der Waals surface area (Å²) >= 11 is 4.47. The van der Waals surface area contributed by atoms with Crippen LogP contribution in [0.5, 0.6) is 5.75 Å². The Labute approximate surface area is 140 Å². The van der Waals surface area contributed by atoms with Crippen molar-refractivity contribution in [1.82, 2.24) is 0 Å². The molecule has 0 aromatic heterocycles. The second-order valence-electron chi connectivity index (χ2n) is 5.40. The van der Waals surface area contributed by atoms with Gasteiger partial charge in [0.05, 0.1) is 11.8 Å². The summed E-state index contributed by atoms with van der Waals surface area (Å²) in [5, 5.41) is 2.15. The van der Waals surface area contributed by atoms with E-state index in [1.807, 2.05) is 24.3 Å². The predicted octanol–water partition coefficient (Wildman–Crippen LogP) is 4.75. The minimum atomic E-state index is -0.460. The Hall–Kier alpha value is -2.47. The molecule has 2 aromatic carbocycles. The van der Waals surface area contributed by atoms with Gasteiger partial charge in [0.2, 0.25) is 0 Å². The lowest BCUT2D eigenvalue weighted by Gasteiger charge is -2.04. The standard InChI is InChI=1S/C19H14FNOS/c20-18-11-15(7-10-19(18)21-13-23)2-1-14-5-8-17(9-6-14)22-12-16-3-4-16/h5-11,16H,3-4,12H2. The van der Waals surface area contributed by atoms with Gasteiger partial charge in [0, 0.05) is 11.1 Å². The van der Waals surface area contributed by atoms with Gasteiger partial charge in [-0.1, -0.05) is 11.8 Å². The lowest BCUT2D eigenvalue weighted by molar-refractivity contribution is 0.300. The summed E-state index contributed by atoms with van der Waals surface area (Å²) in [6, 6.07) is 12.2. The molecule has 0 spiro atoms. The third kappa shape index (κ3) is 4.50. The molecule has 0 radical (unpaired) electrons. The maximum atomic E-state index is 13.7. The minimum Gasteiger partial charge on any atom is -0.493 e. The number of ether oxygens (including phenoxy) is 1. The van der Waals surface area contributed by atoms with E-state index in [0.717, 1.165) is 23.8 Å². The molecule has 1 fully saturated rings. The lowest BCUT2D eigenvalue weighted by Crippen LogP contribution is -1.98. The number of nitrogens with zero attached hydrogens (tertiary/aromatic N) is 1. The van der Waals surface area contributed by atoms with Gasteiger partial charge in [-0.3, -0.25) is 0 Å². The third-order valence-electron chi connectivity index (χ3n) is 3.50. The molecule has 0 aliphatic heterocycles. The van der Waals surface area contributed by atoms with Crippen LogP contribution < -0.4 is 4.74 Å². The van der Waals surface area contributed by atoms with Crippen LogP contribution in [0.15, 0.2) is 47.5 Å². The molecule has 1 saturated carbocycles. The van der Waals surface area contributed by atoms with Crippen molar-refractivity contribution in [2.75, 3.05) is 6.61 Å². The van der Waals surface area contributed by atoms with Crippen molar-refractivity contribution in [3.05, 3.63) is 59.4 Å². The lowest BCUT2D eigenvalue weighted by atomic mass is 10.1. The smallest absolute Gasteiger partial charge is 0.150 e. The maximum absolute atomic E-state index is 13.7. The summed E-state index contributed by atoms with van der Waals surface area (Å²) in [5.41, 5.74) is 1.60. The summed E-state index contributed by atoms with van der Waals surface area (Å²) in [6.45, 7) is 0.793. The van der Waals surface area contributed by atoms with E-state index in [1.54, 1.807) is 6.07 Å². The highest BCUT2D eigenvalue weighted by Crippen LogP contribution is 2.29. The average molecular weight is 323 g/mol. The first-order valence-corrected chi connectivity index (χ1v) is 7.78. The summed E-state index contributed by atoms with van der Waals surface area (Å²) in [7, 11) is 0. The molecule has 3 rings (SSSR count). The van der Waals surface area contributed by atoms with E-state index in [-0.39, 0.29) is 5.69 Å². The number of halogens is 1. The molecular formula is C19H14FNOS. The van der Waals surface area contributed by atoms with Crippen LogP contribution in [0.4, 0.5) is 10.1 Å². The molecule has 2 nitrogen and oxygen atoms in total. The summed E-state index contributed by atoms with van der Waals surface area (Å²) in [6.07, 6.45) is 2.55. The Morgan fingerprint density at radius 1 is 1.09 bits per heavy atom. The fourth-order valence-electron chi connectivity index (χ4n) is 2.00. The highest BCUT2D eigenvalue weighted by atomic mass is 32.1. The van der Waals surface area contributed by atoms with Crippen LogP contribution in [0.25, 0.3) is 0 Å². The third-order valence-corrected chi connectivity index (χ3v) is 3.59. The highest BCUT2D eigenvalue weighted by Gasteiger charge is 2.21. The molecule has 1 aliphatic carbocycles. The molecular weight excluding hydrogens is 309 g/mol. The fourth-order valence-corrected chi connectivity index (χ4v) is 2.10. The van der Waals surface area contributed by atoms with Crippen LogP contribution in [0.2, 0.25) is 0 Å². The molecule has 2 aromatic rings. The summed E-state index contributed by atoms with van der Waals surface area (Å²) in [5.74, 6) is 7.07. The Kier molecular flexibility index (Phi) is 4.83. The van der Waals surface area contributed by atoms with Crippen molar-refractivity contribution in [3.63, 3.8) is 0 Å². The molecule has 0 unspecified atom stereocenters. The van der Waals surface area contributed by atoms with E-state index in [0.29, 0.717) is 5.56 Å². The molecule has 4 heteroatoms. The zero-order chi connectivity index (χ0) is 16.1. The Morgan fingerprint density at radius 3 is 2.43 bits per heavy atom. The van der Waals surface area contributed by atoms with Gasteiger partial charge in [-0.05, 0) is 73.4 Å². The second kappa shape index (κ2) is 7.19. The number of hydrogen-bond donors (Lipinski definition) is 0. The molecule has 114 valence electrons. The van der Waals surface area contributed by atoms with Gasteiger partial charge in [-0.15, -0.1) is 0 Å². The summed E-state index contributed by atoms with van der Waals surface area (Å²) < 4.78 is 19.4. The Morgan fingerprint density at radius 2 is 1.78 bits per heavy atom. The average Bonchev–Trinajstić information content (AvgIpc) is 3.39. The zero-order valence-corrected chi connectivity index (χ0v) is 13.2. The number of aliphatic imine (C=N–C) groups is 1. The number of thiocarbonyl (C=S) groups is 1. The van der Waals surface area contributed by atoms with Gasteiger partial charge in [-0.25, -0.2) is 4.39 Å². The van der Waals surface area contributed by atoms with E-state index in [4.69, 9.17) is 4.74 Å². The van der Waals surface area contributed by atoms with E-state index in [1.165, 1.54) is 25.0 Å². The van der Waals surface area contributed by atoms with Gasteiger partial charge in [0.25, 0.3) is 0 Å². The van der Waals surface area contributed by atoms with E-state index in [9.17, 15) is 4.39 Å². The number of benzene rings is 2. The number of rotatable bonds is 4. The van der Waals surface area contributed by atoms with Crippen molar-refractivity contribution in [3.8, 4) is 17.6 Å². The van der Waals surface area contributed by atoms with Crippen LogP contribution in [0.3, 0.4) is 0 Å². The van der Waals surface area contributed by atoms with E-state index < -0.39 is 5.82 Å². The van der Waals surface area contributed by atoms with Gasteiger partial charge >= 0.3 is 0 Å². The quantitative estimate of drug-likeness (QED) is 0.460. The Bertz CT molecular complexity index is 809.